The van der Waals surface area contributed by atoms with Crippen LogP contribution in [0, 0.1) is 6.92 Å². The molecule has 0 aromatic carbocycles. The first-order valence-electron chi connectivity index (χ1n) is 5.24. The van der Waals surface area contributed by atoms with Gasteiger partial charge in [-0.2, -0.15) is 4.98 Å². The molecule has 0 aliphatic rings. The number of carbonyl (C=O) groups is 2. The summed E-state index contributed by atoms with van der Waals surface area (Å²) in [4.78, 5) is 28.2. The number of aryl methyl sites for hydroxylation is 1. The number of carbonyl (C=O) groups excluding carboxylic acids is 2. The summed E-state index contributed by atoms with van der Waals surface area (Å²) < 4.78 is 9.23. The van der Waals surface area contributed by atoms with Gasteiger partial charge >= 0.3 is 5.97 Å². The second-order valence-corrected chi connectivity index (χ2v) is 3.35. The predicted octanol–water partition coefficient (Wildman–Crippen LogP) is 0.403. The van der Waals surface area contributed by atoms with E-state index in [-0.39, 0.29) is 30.7 Å². The Kier molecular flexibility index (Phi) is 4.62. The standard InChI is InChI=1S/C10H15N3O4/c1-4-13(6-5-8(14)16-3)10(15)9-11-7(2)17-12-9/h4-6H2,1-3H3. The number of aromatic nitrogens is 2. The van der Waals surface area contributed by atoms with E-state index in [1.54, 1.807) is 6.92 Å². The molecule has 7 nitrogen and oxygen atoms in total. The van der Waals surface area contributed by atoms with E-state index in [0.29, 0.717) is 12.4 Å². The van der Waals surface area contributed by atoms with Gasteiger partial charge in [0, 0.05) is 20.0 Å². The van der Waals surface area contributed by atoms with Crippen molar-refractivity contribution in [1.82, 2.24) is 15.0 Å². The van der Waals surface area contributed by atoms with Crippen molar-refractivity contribution in [2.75, 3.05) is 20.2 Å². The van der Waals surface area contributed by atoms with Crippen LogP contribution in [-0.4, -0.2) is 47.1 Å². The van der Waals surface area contributed by atoms with Crippen molar-refractivity contribution < 1.29 is 18.8 Å². The van der Waals surface area contributed by atoms with Crippen molar-refractivity contribution in [3.8, 4) is 0 Å². The number of hydrogen-bond acceptors (Lipinski definition) is 6. The average molecular weight is 241 g/mol. The number of methoxy groups -OCH3 is 1. The van der Waals surface area contributed by atoms with Crippen molar-refractivity contribution >= 4 is 11.9 Å². The molecule has 0 aliphatic heterocycles. The third kappa shape index (κ3) is 3.54. The summed E-state index contributed by atoms with van der Waals surface area (Å²) in [6, 6.07) is 0. The second-order valence-electron chi connectivity index (χ2n) is 3.35. The van der Waals surface area contributed by atoms with Crippen molar-refractivity contribution in [2.45, 2.75) is 20.3 Å². The molecule has 7 heteroatoms. The minimum absolute atomic E-state index is 0.00853. The lowest BCUT2D eigenvalue weighted by Crippen LogP contribution is -2.33. The van der Waals surface area contributed by atoms with Crippen molar-refractivity contribution in [3.63, 3.8) is 0 Å². The lowest BCUT2D eigenvalue weighted by atomic mass is 10.3. The van der Waals surface area contributed by atoms with Gasteiger partial charge in [-0.05, 0) is 6.92 Å². The fourth-order valence-electron chi connectivity index (χ4n) is 1.26. The maximum absolute atomic E-state index is 11.9. The van der Waals surface area contributed by atoms with Gasteiger partial charge in [0.15, 0.2) is 0 Å². The van der Waals surface area contributed by atoms with Crippen molar-refractivity contribution in [2.24, 2.45) is 0 Å². The van der Waals surface area contributed by atoms with E-state index in [4.69, 9.17) is 4.52 Å². The molecular weight excluding hydrogens is 226 g/mol. The fourth-order valence-corrected chi connectivity index (χ4v) is 1.26. The summed E-state index contributed by atoms with van der Waals surface area (Å²) in [6.07, 6.45) is 0.146. The molecule has 1 aromatic heterocycles. The molecule has 1 rings (SSSR count). The molecule has 1 heterocycles. The molecule has 0 bridgehead atoms. The zero-order valence-electron chi connectivity index (χ0n) is 10.1. The average Bonchev–Trinajstić information content (AvgIpc) is 2.76. The van der Waals surface area contributed by atoms with Gasteiger partial charge in [-0.1, -0.05) is 5.16 Å². The number of hydrogen-bond donors (Lipinski definition) is 0. The molecule has 0 fully saturated rings. The first-order chi connectivity index (χ1) is 8.08. The molecule has 0 atom stereocenters. The Bertz CT molecular complexity index is 402. The Balaban J connectivity index is 2.61. The normalized spacial score (nSPS) is 10.1. The highest BCUT2D eigenvalue weighted by atomic mass is 16.5. The van der Waals surface area contributed by atoms with Crippen LogP contribution < -0.4 is 0 Å². The van der Waals surface area contributed by atoms with E-state index < -0.39 is 0 Å². The van der Waals surface area contributed by atoms with E-state index in [2.05, 4.69) is 14.9 Å². The Morgan fingerprint density at radius 3 is 2.65 bits per heavy atom. The van der Waals surface area contributed by atoms with Crippen molar-refractivity contribution in [1.29, 1.82) is 0 Å². The van der Waals surface area contributed by atoms with Crippen LogP contribution in [0.15, 0.2) is 4.52 Å². The van der Waals surface area contributed by atoms with E-state index >= 15 is 0 Å². The predicted molar refractivity (Wildman–Crippen MR) is 57.2 cm³/mol. The molecule has 0 saturated carbocycles. The number of amides is 1. The maximum atomic E-state index is 11.9. The van der Waals surface area contributed by atoms with Crippen LogP contribution in [0.5, 0.6) is 0 Å². The summed E-state index contributed by atoms with van der Waals surface area (Å²) in [7, 11) is 1.31. The quantitative estimate of drug-likeness (QED) is 0.694. The van der Waals surface area contributed by atoms with Crippen LogP contribution in [0.1, 0.15) is 29.9 Å². The third-order valence-electron chi connectivity index (χ3n) is 2.20. The highest BCUT2D eigenvalue weighted by molar-refractivity contribution is 5.90. The third-order valence-corrected chi connectivity index (χ3v) is 2.20. The SMILES string of the molecule is CCN(CCC(=O)OC)C(=O)c1noc(C)n1. The van der Waals surface area contributed by atoms with E-state index in [0.717, 1.165) is 0 Å². The fraction of sp³-hybridized carbons (Fsp3) is 0.600. The zero-order chi connectivity index (χ0) is 12.8. The number of ether oxygens (including phenoxy) is 1. The summed E-state index contributed by atoms with van der Waals surface area (Å²) in [5.41, 5.74) is 0. The topological polar surface area (TPSA) is 85.5 Å². The molecule has 1 amide bonds. The molecule has 17 heavy (non-hydrogen) atoms. The van der Waals surface area contributed by atoms with E-state index in [9.17, 15) is 9.59 Å². The molecular formula is C10H15N3O4. The van der Waals surface area contributed by atoms with E-state index in [1.807, 2.05) is 6.92 Å². The zero-order valence-corrected chi connectivity index (χ0v) is 10.1. The lowest BCUT2D eigenvalue weighted by molar-refractivity contribution is -0.140. The van der Waals surface area contributed by atoms with Gasteiger partial charge < -0.3 is 14.2 Å². The molecule has 0 aliphatic carbocycles. The highest BCUT2D eigenvalue weighted by Gasteiger charge is 2.20. The Hall–Kier alpha value is -1.92. The minimum atomic E-state index is -0.361. The van der Waals surface area contributed by atoms with Crippen LogP contribution in [0.3, 0.4) is 0 Å². The first-order valence-corrected chi connectivity index (χ1v) is 5.24. The van der Waals surface area contributed by atoms with Crippen LogP contribution in [-0.2, 0) is 9.53 Å². The Morgan fingerprint density at radius 2 is 2.18 bits per heavy atom. The molecule has 0 radical (unpaired) electrons. The van der Waals surface area contributed by atoms with Crippen LogP contribution in [0.2, 0.25) is 0 Å². The van der Waals surface area contributed by atoms with Crippen molar-refractivity contribution in [3.05, 3.63) is 11.7 Å². The Labute approximate surface area is 98.7 Å². The molecule has 0 unspecified atom stereocenters. The summed E-state index contributed by atoms with van der Waals surface area (Å²) in [5.74, 6) is -0.375. The molecule has 1 aromatic rings. The van der Waals surface area contributed by atoms with Gasteiger partial charge in [-0.15, -0.1) is 0 Å². The van der Waals surface area contributed by atoms with Crippen LogP contribution in [0.4, 0.5) is 0 Å². The van der Waals surface area contributed by atoms with Gasteiger partial charge in [0.25, 0.3) is 11.7 Å². The molecule has 0 saturated heterocycles. The highest BCUT2D eigenvalue weighted by Crippen LogP contribution is 2.02. The Morgan fingerprint density at radius 1 is 1.47 bits per heavy atom. The number of rotatable bonds is 5. The number of esters is 1. The lowest BCUT2D eigenvalue weighted by Gasteiger charge is -2.17. The second kappa shape index (κ2) is 5.97. The number of nitrogens with zero attached hydrogens (tertiary/aromatic N) is 3. The van der Waals surface area contributed by atoms with Crippen LogP contribution >= 0.6 is 0 Å². The first kappa shape index (κ1) is 13.1. The van der Waals surface area contributed by atoms with Gasteiger partial charge in [-0.3, -0.25) is 9.59 Å². The molecule has 0 spiro atoms. The largest absolute Gasteiger partial charge is 0.469 e. The smallest absolute Gasteiger partial charge is 0.307 e. The minimum Gasteiger partial charge on any atom is -0.469 e. The van der Waals surface area contributed by atoms with Gasteiger partial charge in [0.2, 0.25) is 5.89 Å². The summed E-state index contributed by atoms with van der Waals surface area (Å²) >= 11 is 0. The molecule has 0 N–H and O–H groups in total. The van der Waals surface area contributed by atoms with E-state index in [1.165, 1.54) is 12.0 Å². The monoisotopic (exact) mass is 241 g/mol. The maximum Gasteiger partial charge on any atom is 0.307 e. The summed E-state index contributed by atoms with van der Waals surface area (Å²) in [5, 5.41) is 3.54. The van der Waals surface area contributed by atoms with Gasteiger partial charge in [-0.25, -0.2) is 0 Å². The van der Waals surface area contributed by atoms with Gasteiger partial charge in [0.1, 0.15) is 0 Å². The summed E-state index contributed by atoms with van der Waals surface area (Å²) in [6.45, 7) is 4.15. The van der Waals surface area contributed by atoms with Gasteiger partial charge in [0.05, 0.1) is 13.5 Å². The van der Waals surface area contributed by atoms with Crippen LogP contribution in [0.25, 0.3) is 0 Å². The molecule has 94 valence electrons.